The highest BCUT2D eigenvalue weighted by Gasteiger charge is 2.21. The molecule has 4 heteroatoms. The molecule has 0 aliphatic heterocycles. The molecule has 2 aromatic rings. The molecule has 1 aromatic heterocycles. The van der Waals surface area contributed by atoms with Gasteiger partial charge < -0.3 is 9.73 Å². The summed E-state index contributed by atoms with van der Waals surface area (Å²) in [7, 11) is 0. The summed E-state index contributed by atoms with van der Waals surface area (Å²) in [5, 5.41) is 2.88. The van der Waals surface area contributed by atoms with E-state index in [0.29, 0.717) is 6.54 Å². The number of benzene rings is 1. The highest BCUT2D eigenvalue weighted by Crippen LogP contribution is 2.22. The zero-order valence-electron chi connectivity index (χ0n) is 11.7. The largest absolute Gasteiger partial charge is 0.472 e. The smallest absolute Gasteiger partial charge is 0.224 e. The van der Waals surface area contributed by atoms with Crippen LogP contribution in [0.4, 0.5) is 4.39 Å². The molecule has 0 saturated heterocycles. The molecule has 0 spiro atoms. The average Bonchev–Trinajstić information content (AvgIpc) is 2.89. The lowest BCUT2D eigenvalue weighted by Gasteiger charge is -2.25. The van der Waals surface area contributed by atoms with E-state index < -0.39 is 0 Å². The van der Waals surface area contributed by atoms with Gasteiger partial charge in [0.05, 0.1) is 18.9 Å². The molecule has 0 bridgehead atoms. The quantitative estimate of drug-likeness (QED) is 0.911. The van der Waals surface area contributed by atoms with Crippen molar-refractivity contribution in [2.45, 2.75) is 25.7 Å². The molecular formula is C16H18FNO2. The van der Waals surface area contributed by atoms with Crippen LogP contribution < -0.4 is 5.32 Å². The Morgan fingerprint density at radius 1 is 1.35 bits per heavy atom. The van der Waals surface area contributed by atoms with E-state index in [2.05, 4.69) is 5.32 Å². The molecule has 1 N–H and O–H groups in total. The fraction of sp³-hybridized carbons (Fsp3) is 0.312. The Kier molecular flexibility index (Phi) is 4.23. The van der Waals surface area contributed by atoms with E-state index in [1.54, 1.807) is 24.7 Å². The minimum Gasteiger partial charge on any atom is -0.472 e. The summed E-state index contributed by atoms with van der Waals surface area (Å²) < 4.78 is 18.2. The summed E-state index contributed by atoms with van der Waals surface area (Å²) in [6, 6.07) is 8.22. The number of carbonyl (C=O) groups excluding carboxylic acids is 1. The number of hydrogen-bond acceptors (Lipinski definition) is 2. The standard InChI is InChI=1S/C16H18FNO2/c1-16(2,13-4-3-5-14(17)9-13)11-18-15(19)8-12-6-7-20-10-12/h3-7,9-10H,8,11H2,1-2H3,(H,18,19). The van der Waals surface area contributed by atoms with Gasteiger partial charge in [0, 0.05) is 12.0 Å². The number of carbonyl (C=O) groups is 1. The van der Waals surface area contributed by atoms with E-state index in [1.807, 2.05) is 19.9 Å². The number of hydrogen-bond donors (Lipinski definition) is 1. The Balaban J connectivity index is 1.93. The summed E-state index contributed by atoms with van der Waals surface area (Å²) in [6.45, 7) is 4.40. The van der Waals surface area contributed by atoms with E-state index in [-0.39, 0.29) is 23.6 Å². The molecule has 0 fully saturated rings. The first-order valence-electron chi connectivity index (χ1n) is 6.51. The maximum atomic E-state index is 13.3. The first-order chi connectivity index (χ1) is 9.47. The minimum atomic E-state index is -0.325. The Labute approximate surface area is 117 Å². The monoisotopic (exact) mass is 275 g/mol. The number of furan rings is 1. The van der Waals surface area contributed by atoms with Crippen molar-refractivity contribution in [3.8, 4) is 0 Å². The zero-order chi connectivity index (χ0) is 14.6. The summed E-state index contributed by atoms with van der Waals surface area (Å²) in [6.07, 6.45) is 3.38. The number of halogens is 1. The number of nitrogens with one attached hydrogen (secondary N) is 1. The highest BCUT2D eigenvalue weighted by atomic mass is 19.1. The summed E-state index contributed by atoms with van der Waals surface area (Å²) in [5.41, 5.74) is 1.38. The van der Waals surface area contributed by atoms with Crippen LogP contribution in [0.2, 0.25) is 0 Å². The van der Waals surface area contributed by atoms with Crippen LogP contribution in [0.5, 0.6) is 0 Å². The predicted molar refractivity (Wildman–Crippen MR) is 74.8 cm³/mol. The summed E-state index contributed by atoms with van der Waals surface area (Å²) in [4.78, 5) is 11.8. The van der Waals surface area contributed by atoms with Crippen molar-refractivity contribution in [2.75, 3.05) is 6.54 Å². The van der Waals surface area contributed by atoms with Crippen LogP contribution >= 0.6 is 0 Å². The van der Waals surface area contributed by atoms with Gasteiger partial charge in [0.25, 0.3) is 0 Å². The lowest BCUT2D eigenvalue weighted by molar-refractivity contribution is -0.120. The molecule has 1 heterocycles. The Hall–Kier alpha value is -2.10. The van der Waals surface area contributed by atoms with Crippen LogP contribution in [-0.4, -0.2) is 12.5 Å². The third kappa shape index (κ3) is 3.70. The third-order valence-corrected chi connectivity index (χ3v) is 3.28. The molecule has 0 unspecified atom stereocenters. The number of amides is 1. The molecular weight excluding hydrogens is 257 g/mol. The highest BCUT2D eigenvalue weighted by molar-refractivity contribution is 5.78. The number of rotatable bonds is 5. The van der Waals surface area contributed by atoms with E-state index >= 15 is 0 Å². The second kappa shape index (κ2) is 5.90. The molecule has 0 aliphatic rings. The molecule has 1 amide bonds. The van der Waals surface area contributed by atoms with Gasteiger partial charge in [-0.05, 0) is 29.3 Å². The SMILES string of the molecule is CC(C)(CNC(=O)Cc1ccoc1)c1cccc(F)c1. The zero-order valence-corrected chi connectivity index (χ0v) is 11.7. The maximum Gasteiger partial charge on any atom is 0.224 e. The Morgan fingerprint density at radius 3 is 2.80 bits per heavy atom. The van der Waals surface area contributed by atoms with Gasteiger partial charge in [0.1, 0.15) is 5.82 Å². The Morgan fingerprint density at radius 2 is 2.15 bits per heavy atom. The van der Waals surface area contributed by atoms with E-state index in [4.69, 9.17) is 4.42 Å². The van der Waals surface area contributed by atoms with Crippen molar-refractivity contribution in [3.05, 3.63) is 59.8 Å². The van der Waals surface area contributed by atoms with Crippen molar-refractivity contribution in [1.29, 1.82) is 0 Å². The van der Waals surface area contributed by atoms with Crippen LogP contribution in [0.1, 0.15) is 25.0 Å². The van der Waals surface area contributed by atoms with Gasteiger partial charge >= 0.3 is 0 Å². The van der Waals surface area contributed by atoms with Gasteiger partial charge in [0.15, 0.2) is 0 Å². The molecule has 20 heavy (non-hydrogen) atoms. The molecule has 0 radical (unpaired) electrons. The second-order valence-electron chi connectivity index (χ2n) is 5.48. The molecule has 1 aromatic carbocycles. The lowest BCUT2D eigenvalue weighted by Crippen LogP contribution is -2.37. The van der Waals surface area contributed by atoms with Gasteiger partial charge in [-0.1, -0.05) is 26.0 Å². The van der Waals surface area contributed by atoms with Gasteiger partial charge in [0.2, 0.25) is 5.91 Å². The minimum absolute atomic E-state index is 0.0733. The van der Waals surface area contributed by atoms with Crippen LogP contribution in [-0.2, 0) is 16.6 Å². The van der Waals surface area contributed by atoms with Crippen molar-refractivity contribution >= 4 is 5.91 Å². The van der Waals surface area contributed by atoms with Crippen molar-refractivity contribution in [3.63, 3.8) is 0 Å². The predicted octanol–water partition coefficient (Wildman–Crippen LogP) is 3.06. The average molecular weight is 275 g/mol. The summed E-state index contributed by atoms with van der Waals surface area (Å²) in [5.74, 6) is -0.337. The molecule has 106 valence electrons. The van der Waals surface area contributed by atoms with Crippen LogP contribution in [0.15, 0.2) is 47.3 Å². The van der Waals surface area contributed by atoms with Crippen molar-refractivity contribution in [1.82, 2.24) is 5.32 Å². The molecule has 0 aliphatic carbocycles. The van der Waals surface area contributed by atoms with E-state index in [1.165, 1.54) is 12.1 Å². The van der Waals surface area contributed by atoms with Gasteiger partial charge in [-0.15, -0.1) is 0 Å². The first-order valence-corrected chi connectivity index (χ1v) is 6.51. The van der Waals surface area contributed by atoms with E-state index in [0.717, 1.165) is 11.1 Å². The molecule has 0 atom stereocenters. The maximum absolute atomic E-state index is 13.3. The van der Waals surface area contributed by atoms with Crippen molar-refractivity contribution in [2.24, 2.45) is 0 Å². The van der Waals surface area contributed by atoms with Gasteiger partial charge in [-0.3, -0.25) is 4.79 Å². The molecule has 0 saturated carbocycles. The first kappa shape index (κ1) is 14.3. The second-order valence-corrected chi connectivity index (χ2v) is 5.48. The van der Waals surface area contributed by atoms with Crippen LogP contribution in [0.25, 0.3) is 0 Å². The molecule has 3 nitrogen and oxygen atoms in total. The van der Waals surface area contributed by atoms with E-state index in [9.17, 15) is 9.18 Å². The van der Waals surface area contributed by atoms with Gasteiger partial charge in [-0.25, -0.2) is 4.39 Å². The van der Waals surface area contributed by atoms with Crippen LogP contribution in [0.3, 0.4) is 0 Å². The fourth-order valence-corrected chi connectivity index (χ4v) is 1.97. The van der Waals surface area contributed by atoms with Gasteiger partial charge in [-0.2, -0.15) is 0 Å². The summed E-state index contributed by atoms with van der Waals surface area (Å²) >= 11 is 0. The Bertz CT molecular complexity index is 576. The normalized spacial score (nSPS) is 11.3. The van der Waals surface area contributed by atoms with Crippen molar-refractivity contribution < 1.29 is 13.6 Å². The lowest BCUT2D eigenvalue weighted by atomic mass is 9.84. The third-order valence-electron chi connectivity index (χ3n) is 3.28. The topological polar surface area (TPSA) is 42.2 Å². The fourth-order valence-electron chi connectivity index (χ4n) is 1.97. The van der Waals surface area contributed by atoms with Crippen LogP contribution in [0, 0.1) is 5.82 Å². The molecule has 2 rings (SSSR count).